The molecule has 1 N–H and O–H groups in total. The number of rotatable bonds is 4. The van der Waals surface area contributed by atoms with Crippen molar-refractivity contribution in [2.45, 2.75) is 64.1 Å². The minimum absolute atomic E-state index is 0.0450. The summed E-state index contributed by atoms with van der Waals surface area (Å²) in [5, 5.41) is 8.93. The number of hydrogen-bond donors (Lipinski definition) is 1. The second-order valence-corrected chi connectivity index (χ2v) is 7.04. The summed E-state index contributed by atoms with van der Waals surface area (Å²) in [4.78, 5) is 27.1. The molecule has 0 spiro atoms. The lowest BCUT2D eigenvalue weighted by Crippen LogP contribution is -2.53. The Hall–Kier alpha value is -1.30. The first-order valence-corrected chi connectivity index (χ1v) is 7.72. The van der Waals surface area contributed by atoms with E-state index in [4.69, 9.17) is 9.84 Å². The summed E-state index contributed by atoms with van der Waals surface area (Å²) in [5.41, 5.74) is -0.500. The molecule has 6 nitrogen and oxygen atoms in total. The summed E-state index contributed by atoms with van der Waals surface area (Å²) in [5.74, 6) is -0.814. The van der Waals surface area contributed by atoms with E-state index >= 15 is 0 Å². The van der Waals surface area contributed by atoms with Gasteiger partial charge in [-0.15, -0.1) is 0 Å². The van der Waals surface area contributed by atoms with Crippen molar-refractivity contribution in [2.75, 3.05) is 19.6 Å². The normalized spacial score (nSPS) is 23.7. The van der Waals surface area contributed by atoms with Gasteiger partial charge in [-0.3, -0.25) is 9.69 Å². The molecule has 1 saturated heterocycles. The lowest BCUT2D eigenvalue weighted by molar-refractivity contribution is -0.138. The van der Waals surface area contributed by atoms with Crippen molar-refractivity contribution in [1.29, 1.82) is 0 Å². The van der Waals surface area contributed by atoms with E-state index in [0.717, 1.165) is 32.2 Å². The smallest absolute Gasteiger partial charge is 0.410 e. The number of carboxylic acids is 1. The average molecular weight is 298 g/mol. The van der Waals surface area contributed by atoms with Gasteiger partial charge < -0.3 is 14.7 Å². The molecule has 0 bridgehead atoms. The molecule has 2 fully saturated rings. The fourth-order valence-electron chi connectivity index (χ4n) is 2.86. The van der Waals surface area contributed by atoms with Gasteiger partial charge in [-0.2, -0.15) is 0 Å². The lowest BCUT2D eigenvalue weighted by Gasteiger charge is -2.39. The third kappa shape index (κ3) is 4.88. The number of ether oxygens (including phenoxy) is 1. The standard InChI is InChI=1S/C15H26N2O4/c1-15(2,3)21-14(20)17(11-6-7-11)12-5-4-8-16(9-12)10-13(18)19/h11-12H,4-10H2,1-3H3,(H,18,19)/t12-/m1/s1. The van der Waals surface area contributed by atoms with Crippen molar-refractivity contribution in [3.8, 4) is 0 Å². The molecule has 0 aromatic rings. The highest BCUT2D eigenvalue weighted by Crippen LogP contribution is 2.32. The van der Waals surface area contributed by atoms with Crippen LogP contribution in [0.3, 0.4) is 0 Å². The maximum atomic E-state index is 12.4. The Morgan fingerprint density at radius 3 is 2.43 bits per heavy atom. The number of carbonyl (C=O) groups is 2. The Balaban J connectivity index is 2.00. The van der Waals surface area contributed by atoms with Crippen LogP contribution in [0.2, 0.25) is 0 Å². The van der Waals surface area contributed by atoms with E-state index in [9.17, 15) is 9.59 Å². The molecule has 0 aromatic heterocycles. The maximum absolute atomic E-state index is 12.4. The molecular formula is C15H26N2O4. The van der Waals surface area contributed by atoms with Gasteiger partial charge in [-0.05, 0) is 53.0 Å². The Morgan fingerprint density at radius 2 is 1.90 bits per heavy atom. The van der Waals surface area contributed by atoms with E-state index < -0.39 is 11.6 Å². The molecule has 2 aliphatic rings. The van der Waals surface area contributed by atoms with Crippen LogP contribution < -0.4 is 0 Å². The van der Waals surface area contributed by atoms with E-state index in [-0.39, 0.29) is 24.7 Å². The van der Waals surface area contributed by atoms with Crippen LogP contribution in [-0.2, 0) is 9.53 Å². The van der Waals surface area contributed by atoms with Crippen LogP contribution in [0.15, 0.2) is 0 Å². The first-order chi connectivity index (χ1) is 9.76. The Kier molecular flexibility index (Phi) is 4.76. The van der Waals surface area contributed by atoms with E-state index in [1.54, 1.807) is 0 Å². The highest BCUT2D eigenvalue weighted by Gasteiger charge is 2.41. The Bertz CT molecular complexity index is 401. The lowest BCUT2D eigenvalue weighted by atomic mass is 10.0. The number of piperidine rings is 1. The number of amides is 1. The number of hydrogen-bond acceptors (Lipinski definition) is 4. The van der Waals surface area contributed by atoms with Crippen molar-refractivity contribution in [1.82, 2.24) is 9.80 Å². The fraction of sp³-hybridized carbons (Fsp3) is 0.867. The van der Waals surface area contributed by atoms with Crippen molar-refractivity contribution in [2.24, 2.45) is 0 Å². The monoisotopic (exact) mass is 298 g/mol. The number of nitrogens with zero attached hydrogens (tertiary/aromatic N) is 2. The number of carbonyl (C=O) groups excluding carboxylic acids is 1. The third-order valence-electron chi connectivity index (χ3n) is 3.78. The molecule has 1 aliphatic carbocycles. The maximum Gasteiger partial charge on any atom is 0.410 e. The van der Waals surface area contributed by atoms with Gasteiger partial charge in [0.2, 0.25) is 0 Å². The molecule has 1 amide bonds. The van der Waals surface area contributed by atoms with Gasteiger partial charge in [0.15, 0.2) is 0 Å². The van der Waals surface area contributed by atoms with Crippen LogP contribution >= 0.6 is 0 Å². The zero-order valence-electron chi connectivity index (χ0n) is 13.2. The van der Waals surface area contributed by atoms with E-state index in [1.165, 1.54) is 0 Å². The van der Waals surface area contributed by atoms with Crippen LogP contribution in [-0.4, -0.2) is 64.3 Å². The largest absolute Gasteiger partial charge is 0.480 e. The fourth-order valence-corrected chi connectivity index (χ4v) is 2.86. The molecule has 6 heteroatoms. The van der Waals surface area contributed by atoms with Crippen LogP contribution in [0, 0.1) is 0 Å². The van der Waals surface area contributed by atoms with Crippen molar-refractivity contribution in [3.05, 3.63) is 0 Å². The molecule has 1 aliphatic heterocycles. The predicted octanol–water partition coefficient (Wildman–Crippen LogP) is 1.93. The molecule has 0 aromatic carbocycles. The van der Waals surface area contributed by atoms with Gasteiger partial charge in [0.25, 0.3) is 0 Å². The molecule has 0 radical (unpaired) electrons. The van der Waals surface area contributed by atoms with E-state index in [0.29, 0.717) is 6.54 Å². The summed E-state index contributed by atoms with van der Waals surface area (Å²) >= 11 is 0. The molecule has 1 atom stereocenters. The Morgan fingerprint density at radius 1 is 1.24 bits per heavy atom. The highest BCUT2D eigenvalue weighted by atomic mass is 16.6. The third-order valence-corrected chi connectivity index (χ3v) is 3.78. The SMILES string of the molecule is CC(C)(C)OC(=O)N(C1CC1)[C@@H]1CCCN(CC(=O)O)C1. The van der Waals surface area contributed by atoms with Crippen molar-refractivity contribution in [3.63, 3.8) is 0 Å². The van der Waals surface area contributed by atoms with E-state index in [1.807, 2.05) is 30.6 Å². The molecule has 120 valence electrons. The van der Waals surface area contributed by atoms with Gasteiger partial charge in [-0.1, -0.05) is 0 Å². The van der Waals surface area contributed by atoms with Crippen LogP contribution in [0.4, 0.5) is 4.79 Å². The molecule has 21 heavy (non-hydrogen) atoms. The number of carboxylic acid groups (broad SMARTS) is 1. The quantitative estimate of drug-likeness (QED) is 0.859. The van der Waals surface area contributed by atoms with Crippen molar-refractivity contribution >= 4 is 12.1 Å². The van der Waals surface area contributed by atoms with Gasteiger partial charge >= 0.3 is 12.1 Å². The van der Waals surface area contributed by atoms with Crippen LogP contribution in [0.1, 0.15) is 46.5 Å². The topological polar surface area (TPSA) is 70.1 Å². The van der Waals surface area contributed by atoms with E-state index in [2.05, 4.69) is 0 Å². The average Bonchev–Trinajstić information content (AvgIpc) is 3.10. The Labute approximate surface area is 126 Å². The second kappa shape index (κ2) is 6.22. The zero-order chi connectivity index (χ0) is 15.6. The molecule has 1 saturated carbocycles. The first kappa shape index (κ1) is 16.1. The number of likely N-dealkylation sites (tertiary alicyclic amines) is 1. The van der Waals surface area contributed by atoms with Gasteiger partial charge in [-0.25, -0.2) is 4.79 Å². The predicted molar refractivity (Wildman–Crippen MR) is 78.2 cm³/mol. The number of aliphatic carboxylic acids is 1. The van der Waals surface area contributed by atoms with Gasteiger partial charge in [0, 0.05) is 18.6 Å². The minimum atomic E-state index is -0.814. The first-order valence-electron chi connectivity index (χ1n) is 7.72. The molecule has 2 rings (SSSR count). The highest BCUT2D eigenvalue weighted by molar-refractivity contribution is 5.70. The molecular weight excluding hydrogens is 272 g/mol. The summed E-state index contributed by atoms with van der Waals surface area (Å²) < 4.78 is 5.52. The summed E-state index contributed by atoms with van der Waals surface area (Å²) in [7, 11) is 0. The molecule has 0 unspecified atom stereocenters. The van der Waals surface area contributed by atoms with Gasteiger partial charge in [0.1, 0.15) is 5.60 Å². The summed E-state index contributed by atoms with van der Waals surface area (Å²) in [6.45, 7) is 7.07. The van der Waals surface area contributed by atoms with Crippen LogP contribution in [0.25, 0.3) is 0 Å². The summed E-state index contributed by atoms with van der Waals surface area (Å²) in [6.07, 6.45) is 3.63. The second-order valence-electron chi connectivity index (χ2n) is 7.04. The zero-order valence-corrected chi connectivity index (χ0v) is 13.2. The minimum Gasteiger partial charge on any atom is -0.480 e. The van der Waals surface area contributed by atoms with Gasteiger partial charge in [0.05, 0.1) is 6.54 Å². The van der Waals surface area contributed by atoms with Crippen LogP contribution in [0.5, 0.6) is 0 Å². The van der Waals surface area contributed by atoms with Crippen molar-refractivity contribution < 1.29 is 19.4 Å². The molecule has 1 heterocycles. The summed E-state index contributed by atoms with van der Waals surface area (Å²) in [6, 6.07) is 0.343.